The minimum Gasteiger partial charge on any atom is -0.497 e. The molecule has 1 aliphatic heterocycles. The highest BCUT2D eigenvalue weighted by Gasteiger charge is 2.24. The van der Waals surface area contributed by atoms with Gasteiger partial charge in [-0.15, -0.1) is 0 Å². The van der Waals surface area contributed by atoms with Gasteiger partial charge in [-0.05, 0) is 35.9 Å². The van der Waals surface area contributed by atoms with Gasteiger partial charge in [-0.25, -0.2) is 0 Å². The van der Waals surface area contributed by atoms with E-state index in [-0.39, 0.29) is 18.4 Å². The molecule has 7 nitrogen and oxygen atoms in total. The SMILES string of the molecule is COc1cccc(CN(CC(=O)N2CCNCC2)C(=O)c2cccc(N(C)C)c2)c1. The number of hydrogen-bond donors (Lipinski definition) is 1. The van der Waals surface area contributed by atoms with Gasteiger partial charge >= 0.3 is 0 Å². The average Bonchev–Trinajstić information content (AvgIpc) is 2.78. The summed E-state index contributed by atoms with van der Waals surface area (Å²) in [5.41, 5.74) is 2.42. The van der Waals surface area contributed by atoms with Crippen LogP contribution < -0.4 is 15.0 Å². The van der Waals surface area contributed by atoms with E-state index in [1.165, 1.54) is 0 Å². The largest absolute Gasteiger partial charge is 0.497 e. The lowest BCUT2D eigenvalue weighted by atomic mass is 10.1. The Bertz CT molecular complexity index is 878. The van der Waals surface area contributed by atoms with Crippen LogP contribution in [0.25, 0.3) is 0 Å². The van der Waals surface area contributed by atoms with Crippen LogP contribution in [-0.4, -0.2) is 75.5 Å². The number of amides is 2. The van der Waals surface area contributed by atoms with Gasteiger partial charge in [-0.3, -0.25) is 9.59 Å². The molecule has 2 amide bonds. The van der Waals surface area contributed by atoms with Gasteiger partial charge in [0.2, 0.25) is 5.91 Å². The first-order valence-electron chi connectivity index (χ1n) is 10.2. The summed E-state index contributed by atoms with van der Waals surface area (Å²) in [5.74, 6) is 0.532. The Hall–Kier alpha value is -3.06. The van der Waals surface area contributed by atoms with Gasteiger partial charge in [0.05, 0.1) is 7.11 Å². The zero-order chi connectivity index (χ0) is 21.5. The van der Waals surface area contributed by atoms with Gasteiger partial charge < -0.3 is 24.8 Å². The van der Waals surface area contributed by atoms with E-state index in [4.69, 9.17) is 4.74 Å². The number of benzene rings is 2. The summed E-state index contributed by atoms with van der Waals surface area (Å²) < 4.78 is 5.31. The van der Waals surface area contributed by atoms with E-state index in [0.717, 1.165) is 30.1 Å². The second-order valence-corrected chi connectivity index (χ2v) is 7.59. The molecule has 0 saturated carbocycles. The number of piperazine rings is 1. The maximum Gasteiger partial charge on any atom is 0.254 e. The molecule has 2 aromatic carbocycles. The van der Waals surface area contributed by atoms with E-state index in [1.54, 1.807) is 18.1 Å². The quantitative estimate of drug-likeness (QED) is 0.755. The normalized spacial score (nSPS) is 13.6. The van der Waals surface area contributed by atoms with Crippen LogP contribution in [0.1, 0.15) is 15.9 Å². The fraction of sp³-hybridized carbons (Fsp3) is 0.391. The molecule has 1 N–H and O–H groups in total. The summed E-state index contributed by atoms with van der Waals surface area (Å²) in [5, 5.41) is 3.25. The van der Waals surface area contributed by atoms with Gasteiger partial charge in [-0.1, -0.05) is 18.2 Å². The Labute approximate surface area is 178 Å². The summed E-state index contributed by atoms with van der Waals surface area (Å²) >= 11 is 0. The molecular weight excluding hydrogens is 380 g/mol. The number of anilines is 1. The minimum absolute atomic E-state index is 0.0310. The molecule has 0 aliphatic carbocycles. The molecule has 1 fully saturated rings. The summed E-state index contributed by atoms with van der Waals surface area (Å²) in [6.07, 6.45) is 0. The van der Waals surface area contributed by atoms with Crippen LogP contribution in [0.15, 0.2) is 48.5 Å². The summed E-state index contributed by atoms with van der Waals surface area (Å²) in [7, 11) is 5.49. The lowest BCUT2D eigenvalue weighted by Gasteiger charge is -2.30. The van der Waals surface area contributed by atoms with Gasteiger partial charge in [0.25, 0.3) is 5.91 Å². The van der Waals surface area contributed by atoms with Crippen LogP contribution in [0.5, 0.6) is 5.75 Å². The first-order valence-corrected chi connectivity index (χ1v) is 10.2. The number of hydrogen-bond acceptors (Lipinski definition) is 5. The zero-order valence-electron chi connectivity index (χ0n) is 17.9. The van der Waals surface area contributed by atoms with Gasteiger partial charge in [-0.2, -0.15) is 0 Å². The number of methoxy groups -OCH3 is 1. The van der Waals surface area contributed by atoms with E-state index in [1.807, 2.05) is 66.4 Å². The lowest BCUT2D eigenvalue weighted by molar-refractivity contribution is -0.132. The van der Waals surface area contributed by atoms with Crippen molar-refractivity contribution in [1.29, 1.82) is 0 Å². The number of ether oxygens (including phenoxy) is 1. The van der Waals surface area contributed by atoms with E-state index in [9.17, 15) is 9.59 Å². The molecular formula is C23H30N4O3. The summed E-state index contributed by atoms with van der Waals surface area (Å²) in [6.45, 7) is 3.26. The Morgan fingerprint density at radius 2 is 1.80 bits per heavy atom. The Kier molecular flexibility index (Phi) is 7.30. The highest BCUT2D eigenvalue weighted by atomic mass is 16.5. The molecule has 0 aromatic heterocycles. The summed E-state index contributed by atoms with van der Waals surface area (Å²) in [6, 6.07) is 15.1. The molecule has 3 rings (SSSR count). The van der Waals surface area contributed by atoms with Gasteiger partial charge in [0.15, 0.2) is 0 Å². The second-order valence-electron chi connectivity index (χ2n) is 7.59. The molecule has 0 spiro atoms. The third-order valence-corrected chi connectivity index (χ3v) is 5.20. The van der Waals surface area contributed by atoms with Crippen molar-refractivity contribution in [1.82, 2.24) is 15.1 Å². The topological polar surface area (TPSA) is 65.1 Å². The number of nitrogens with one attached hydrogen (secondary N) is 1. The smallest absolute Gasteiger partial charge is 0.254 e. The van der Waals surface area contributed by atoms with E-state index in [2.05, 4.69) is 5.32 Å². The van der Waals surface area contributed by atoms with Crippen LogP contribution in [0, 0.1) is 0 Å². The second kappa shape index (κ2) is 10.1. The predicted octanol–water partition coefficient (Wildman–Crippen LogP) is 1.84. The van der Waals surface area contributed by atoms with E-state index < -0.39 is 0 Å². The van der Waals surface area contributed by atoms with Crippen molar-refractivity contribution in [2.75, 3.05) is 58.8 Å². The van der Waals surface area contributed by atoms with E-state index >= 15 is 0 Å². The van der Waals surface area contributed by atoms with E-state index in [0.29, 0.717) is 25.2 Å². The van der Waals surface area contributed by atoms with Crippen LogP contribution in [0.2, 0.25) is 0 Å². The molecule has 0 radical (unpaired) electrons. The van der Waals surface area contributed by atoms with Crippen LogP contribution in [0.3, 0.4) is 0 Å². The molecule has 1 heterocycles. The summed E-state index contributed by atoms with van der Waals surface area (Å²) in [4.78, 5) is 31.7. The molecule has 0 unspecified atom stereocenters. The first-order chi connectivity index (χ1) is 14.5. The Morgan fingerprint density at radius 1 is 1.07 bits per heavy atom. The van der Waals surface area contributed by atoms with Gasteiger partial charge in [0.1, 0.15) is 12.3 Å². The van der Waals surface area contributed by atoms with Crippen molar-refractivity contribution >= 4 is 17.5 Å². The average molecular weight is 411 g/mol. The third-order valence-electron chi connectivity index (χ3n) is 5.20. The van der Waals surface area contributed by atoms with Crippen LogP contribution in [0.4, 0.5) is 5.69 Å². The Morgan fingerprint density at radius 3 is 2.50 bits per heavy atom. The fourth-order valence-corrected chi connectivity index (χ4v) is 3.47. The molecule has 1 saturated heterocycles. The van der Waals surface area contributed by atoms with Crippen LogP contribution >= 0.6 is 0 Å². The van der Waals surface area contributed by atoms with Crippen molar-refractivity contribution in [3.63, 3.8) is 0 Å². The highest BCUT2D eigenvalue weighted by Crippen LogP contribution is 2.19. The predicted molar refractivity (Wildman–Crippen MR) is 118 cm³/mol. The first kappa shape index (κ1) is 21.6. The molecule has 0 atom stereocenters. The molecule has 1 aliphatic rings. The standard InChI is InChI=1S/C23H30N4O3/c1-25(2)20-8-5-7-19(15-20)23(29)27(16-18-6-4-9-21(14-18)30-3)17-22(28)26-12-10-24-11-13-26/h4-9,14-15,24H,10-13,16-17H2,1-3H3. The third kappa shape index (κ3) is 5.51. The number of carbonyl (C=O) groups is 2. The maximum absolute atomic E-state index is 13.4. The number of nitrogens with zero attached hydrogens (tertiary/aromatic N) is 3. The molecule has 0 bridgehead atoms. The van der Waals surface area contributed by atoms with Crippen molar-refractivity contribution in [3.05, 3.63) is 59.7 Å². The van der Waals surface area contributed by atoms with Crippen molar-refractivity contribution in [2.24, 2.45) is 0 Å². The highest BCUT2D eigenvalue weighted by molar-refractivity contribution is 5.97. The molecule has 30 heavy (non-hydrogen) atoms. The zero-order valence-corrected chi connectivity index (χ0v) is 17.9. The van der Waals surface area contributed by atoms with Crippen molar-refractivity contribution in [2.45, 2.75) is 6.54 Å². The van der Waals surface area contributed by atoms with Crippen molar-refractivity contribution < 1.29 is 14.3 Å². The van der Waals surface area contributed by atoms with Gasteiger partial charge in [0, 0.05) is 58.1 Å². The molecule has 7 heteroatoms. The van der Waals surface area contributed by atoms with Crippen LogP contribution in [-0.2, 0) is 11.3 Å². The number of carbonyl (C=O) groups excluding carboxylic acids is 2. The minimum atomic E-state index is -0.162. The number of rotatable bonds is 7. The Balaban J connectivity index is 1.84. The lowest BCUT2D eigenvalue weighted by Crippen LogP contribution is -2.50. The molecule has 160 valence electrons. The monoisotopic (exact) mass is 410 g/mol. The van der Waals surface area contributed by atoms with Crippen molar-refractivity contribution in [3.8, 4) is 5.75 Å². The maximum atomic E-state index is 13.4. The molecule has 2 aromatic rings. The fourth-order valence-electron chi connectivity index (χ4n) is 3.47.